The number of likely N-dealkylation sites (N-methyl/N-ethyl adjacent to an activating group) is 1. The SMILES string of the molecule is CNC(Cc1cccc(Br)c1)c1cnc2ccccc2c1. The number of hydrogen-bond donors (Lipinski definition) is 1. The Bertz CT molecular complexity index is 755. The zero-order chi connectivity index (χ0) is 14.7. The van der Waals surface area contributed by atoms with Crippen LogP contribution in [-0.2, 0) is 6.42 Å². The lowest BCUT2D eigenvalue weighted by Crippen LogP contribution is -2.19. The minimum Gasteiger partial charge on any atom is -0.313 e. The second-order valence-corrected chi connectivity index (χ2v) is 6.05. The average Bonchev–Trinajstić information content (AvgIpc) is 2.52. The van der Waals surface area contributed by atoms with Crippen molar-refractivity contribution in [3.63, 3.8) is 0 Å². The molecule has 3 heteroatoms. The van der Waals surface area contributed by atoms with Crippen molar-refractivity contribution in [1.29, 1.82) is 0 Å². The summed E-state index contributed by atoms with van der Waals surface area (Å²) in [5.41, 5.74) is 3.56. The topological polar surface area (TPSA) is 24.9 Å². The van der Waals surface area contributed by atoms with E-state index in [2.05, 4.69) is 68.7 Å². The molecule has 0 aliphatic carbocycles. The van der Waals surface area contributed by atoms with Gasteiger partial charge in [0.05, 0.1) is 5.52 Å². The van der Waals surface area contributed by atoms with Crippen molar-refractivity contribution < 1.29 is 0 Å². The number of benzene rings is 2. The van der Waals surface area contributed by atoms with Gasteiger partial charge >= 0.3 is 0 Å². The lowest BCUT2D eigenvalue weighted by Gasteiger charge is -2.17. The largest absolute Gasteiger partial charge is 0.313 e. The summed E-state index contributed by atoms with van der Waals surface area (Å²) in [5.74, 6) is 0. The molecule has 2 nitrogen and oxygen atoms in total. The zero-order valence-electron chi connectivity index (χ0n) is 11.9. The van der Waals surface area contributed by atoms with Gasteiger partial charge in [-0.05, 0) is 48.9 Å². The molecule has 2 aromatic carbocycles. The highest BCUT2D eigenvalue weighted by molar-refractivity contribution is 9.10. The van der Waals surface area contributed by atoms with Crippen molar-refractivity contribution in [3.8, 4) is 0 Å². The summed E-state index contributed by atoms with van der Waals surface area (Å²) in [6.07, 6.45) is 2.91. The van der Waals surface area contributed by atoms with Crippen LogP contribution in [0, 0.1) is 0 Å². The number of rotatable bonds is 4. The fourth-order valence-electron chi connectivity index (χ4n) is 2.56. The molecule has 21 heavy (non-hydrogen) atoms. The number of halogens is 1. The number of para-hydroxylation sites is 1. The van der Waals surface area contributed by atoms with E-state index in [1.54, 1.807) is 0 Å². The molecule has 3 rings (SSSR count). The first kappa shape index (κ1) is 14.2. The van der Waals surface area contributed by atoms with E-state index < -0.39 is 0 Å². The van der Waals surface area contributed by atoms with E-state index in [4.69, 9.17) is 0 Å². The minimum atomic E-state index is 0.261. The number of aromatic nitrogens is 1. The van der Waals surface area contributed by atoms with E-state index in [0.29, 0.717) is 0 Å². The Morgan fingerprint density at radius 1 is 1.10 bits per heavy atom. The first-order valence-electron chi connectivity index (χ1n) is 7.02. The summed E-state index contributed by atoms with van der Waals surface area (Å²) in [6.45, 7) is 0. The van der Waals surface area contributed by atoms with Gasteiger partial charge < -0.3 is 5.32 Å². The average molecular weight is 341 g/mol. The maximum absolute atomic E-state index is 4.56. The number of pyridine rings is 1. The van der Waals surface area contributed by atoms with Crippen LogP contribution in [0.2, 0.25) is 0 Å². The van der Waals surface area contributed by atoms with Crippen LogP contribution in [0.15, 0.2) is 65.3 Å². The molecule has 0 fully saturated rings. The molecule has 3 aromatic rings. The van der Waals surface area contributed by atoms with Gasteiger partial charge in [0.1, 0.15) is 0 Å². The maximum atomic E-state index is 4.56. The van der Waals surface area contributed by atoms with E-state index in [1.807, 2.05) is 25.4 Å². The highest BCUT2D eigenvalue weighted by atomic mass is 79.9. The summed E-state index contributed by atoms with van der Waals surface area (Å²) >= 11 is 3.53. The third-order valence-electron chi connectivity index (χ3n) is 3.69. The summed E-state index contributed by atoms with van der Waals surface area (Å²) in [7, 11) is 2.00. The molecule has 106 valence electrons. The van der Waals surface area contributed by atoms with Crippen molar-refractivity contribution in [2.24, 2.45) is 0 Å². The normalized spacial score (nSPS) is 12.5. The molecule has 0 spiro atoms. The molecular weight excluding hydrogens is 324 g/mol. The first-order valence-corrected chi connectivity index (χ1v) is 7.82. The summed E-state index contributed by atoms with van der Waals surface area (Å²) in [5, 5.41) is 4.58. The lowest BCUT2D eigenvalue weighted by molar-refractivity contribution is 0.591. The van der Waals surface area contributed by atoms with Crippen LogP contribution in [0.25, 0.3) is 10.9 Å². The van der Waals surface area contributed by atoms with Crippen LogP contribution >= 0.6 is 15.9 Å². The van der Waals surface area contributed by atoms with Crippen molar-refractivity contribution in [3.05, 3.63) is 76.4 Å². The van der Waals surface area contributed by atoms with E-state index in [1.165, 1.54) is 16.5 Å². The first-order chi connectivity index (χ1) is 10.3. The Morgan fingerprint density at radius 3 is 2.76 bits per heavy atom. The molecule has 1 atom stereocenters. The highest BCUT2D eigenvalue weighted by Gasteiger charge is 2.11. The monoisotopic (exact) mass is 340 g/mol. The summed E-state index contributed by atoms with van der Waals surface area (Å²) in [6, 6.07) is 19.2. The number of hydrogen-bond acceptors (Lipinski definition) is 2. The number of nitrogens with zero attached hydrogens (tertiary/aromatic N) is 1. The standard InChI is InChI=1S/C18H17BrN2/c1-20-18(10-13-5-4-7-16(19)9-13)15-11-14-6-2-3-8-17(14)21-12-15/h2-9,11-12,18,20H,10H2,1H3. The lowest BCUT2D eigenvalue weighted by atomic mass is 9.99. The van der Waals surface area contributed by atoms with Gasteiger partial charge in [-0.2, -0.15) is 0 Å². The van der Waals surface area contributed by atoms with Gasteiger partial charge in [0.2, 0.25) is 0 Å². The predicted octanol–water partition coefficient (Wildman–Crippen LogP) is 4.50. The molecule has 0 aliphatic heterocycles. The summed E-state index contributed by atoms with van der Waals surface area (Å²) < 4.78 is 1.12. The van der Waals surface area contributed by atoms with Crippen LogP contribution in [0.5, 0.6) is 0 Å². The van der Waals surface area contributed by atoms with E-state index in [0.717, 1.165) is 16.4 Å². The second kappa shape index (κ2) is 6.37. The molecule has 0 bridgehead atoms. The van der Waals surface area contributed by atoms with Gasteiger partial charge in [-0.3, -0.25) is 4.98 Å². The quantitative estimate of drug-likeness (QED) is 0.756. The van der Waals surface area contributed by atoms with Gasteiger partial charge in [-0.25, -0.2) is 0 Å². The number of fused-ring (bicyclic) bond motifs is 1. The van der Waals surface area contributed by atoms with Crippen molar-refractivity contribution in [2.75, 3.05) is 7.05 Å². The van der Waals surface area contributed by atoms with E-state index in [-0.39, 0.29) is 6.04 Å². The molecular formula is C18H17BrN2. The fourth-order valence-corrected chi connectivity index (χ4v) is 3.01. The highest BCUT2D eigenvalue weighted by Crippen LogP contribution is 2.22. The van der Waals surface area contributed by atoms with E-state index in [9.17, 15) is 0 Å². The van der Waals surface area contributed by atoms with Crippen LogP contribution in [0.1, 0.15) is 17.2 Å². The van der Waals surface area contributed by atoms with Crippen molar-refractivity contribution in [2.45, 2.75) is 12.5 Å². The van der Waals surface area contributed by atoms with Crippen molar-refractivity contribution >= 4 is 26.8 Å². The molecule has 1 unspecified atom stereocenters. The maximum Gasteiger partial charge on any atom is 0.0702 e. The Balaban J connectivity index is 1.90. The minimum absolute atomic E-state index is 0.261. The van der Waals surface area contributed by atoms with Gasteiger partial charge in [0, 0.05) is 22.1 Å². The molecule has 1 heterocycles. The predicted molar refractivity (Wildman–Crippen MR) is 91.4 cm³/mol. The molecule has 1 aromatic heterocycles. The summed E-state index contributed by atoms with van der Waals surface area (Å²) in [4.78, 5) is 4.56. The van der Waals surface area contributed by atoms with Gasteiger partial charge in [-0.15, -0.1) is 0 Å². The molecule has 0 amide bonds. The Hall–Kier alpha value is -1.71. The van der Waals surface area contributed by atoms with Crippen LogP contribution in [-0.4, -0.2) is 12.0 Å². The second-order valence-electron chi connectivity index (χ2n) is 5.14. The Morgan fingerprint density at radius 2 is 1.95 bits per heavy atom. The molecule has 0 saturated heterocycles. The van der Waals surface area contributed by atoms with Crippen molar-refractivity contribution in [1.82, 2.24) is 10.3 Å². The van der Waals surface area contributed by atoms with Crippen LogP contribution < -0.4 is 5.32 Å². The van der Waals surface area contributed by atoms with Crippen LogP contribution in [0.3, 0.4) is 0 Å². The smallest absolute Gasteiger partial charge is 0.0702 e. The fraction of sp³-hybridized carbons (Fsp3) is 0.167. The number of nitrogens with one attached hydrogen (secondary N) is 1. The Kier molecular flexibility index (Phi) is 4.32. The van der Waals surface area contributed by atoms with Gasteiger partial charge in [0.15, 0.2) is 0 Å². The zero-order valence-corrected chi connectivity index (χ0v) is 13.5. The third-order valence-corrected chi connectivity index (χ3v) is 4.18. The molecule has 0 aliphatic rings. The van der Waals surface area contributed by atoms with Crippen LogP contribution in [0.4, 0.5) is 0 Å². The molecule has 0 radical (unpaired) electrons. The molecule has 1 N–H and O–H groups in total. The van der Waals surface area contributed by atoms with E-state index >= 15 is 0 Å². The van der Waals surface area contributed by atoms with Gasteiger partial charge in [0.25, 0.3) is 0 Å². The molecule has 0 saturated carbocycles. The Labute approximate surface area is 133 Å². The third kappa shape index (κ3) is 3.31. The van der Waals surface area contributed by atoms with Gasteiger partial charge in [-0.1, -0.05) is 46.3 Å².